The Balaban J connectivity index is 2.34. The Labute approximate surface area is 140 Å². The number of benzene rings is 1. The highest BCUT2D eigenvalue weighted by Gasteiger charge is 2.44. The summed E-state index contributed by atoms with van der Waals surface area (Å²) in [4.78, 5) is 2.16. The molecule has 1 aromatic rings. The molecule has 0 aliphatic heterocycles. The maximum absolute atomic E-state index is 11.5. The third-order valence-electron chi connectivity index (χ3n) is 5.23. The summed E-state index contributed by atoms with van der Waals surface area (Å²) in [7, 11) is 7.43. The van der Waals surface area contributed by atoms with Crippen LogP contribution in [0.1, 0.15) is 44.1 Å². The first-order valence-corrected chi connectivity index (χ1v) is 8.51. The van der Waals surface area contributed by atoms with Gasteiger partial charge in [0.15, 0.2) is 11.5 Å². The summed E-state index contributed by atoms with van der Waals surface area (Å²) >= 11 is 0. The van der Waals surface area contributed by atoms with Crippen LogP contribution < -0.4 is 9.47 Å². The highest BCUT2D eigenvalue weighted by molar-refractivity contribution is 5.44. The Morgan fingerprint density at radius 1 is 1.22 bits per heavy atom. The van der Waals surface area contributed by atoms with Crippen molar-refractivity contribution in [3.8, 4) is 11.5 Å². The van der Waals surface area contributed by atoms with Crippen molar-refractivity contribution < 1.29 is 14.6 Å². The Morgan fingerprint density at radius 3 is 2.52 bits per heavy atom. The molecule has 23 heavy (non-hydrogen) atoms. The number of rotatable bonds is 6. The van der Waals surface area contributed by atoms with Crippen molar-refractivity contribution in [3.63, 3.8) is 0 Å². The van der Waals surface area contributed by atoms with Gasteiger partial charge in [-0.05, 0) is 50.6 Å². The summed E-state index contributed by atoms with van der Waals surface area (Å²) in [6, 6.07) is 6.05. The van der Waals surface area contributed by atoms with Crippen LogP contribution >= 0.6 is 0 Å². The third kappa shape index (κ3) is 3.81. The maximum Gasteiger partial charge on any atom is 0.160 e. The van der Waals surface area contributed by atoms with Crippen molar-refractivity contribution in [3.05, 3.63) is 23.8 Å². The maximum atomic E-state index is 11.5. The molecule has 0 amide bonds. The van der Waals surface area contributed by atoms with Gasteiger partial charge in [0, 0.05) is 12.5 Å². The summed E-state index contributed by atoms with van der Waals surface area (Å²) in [6.45, 7) is 3.05. The van der Waals surface area contributed by atoms with Gasteiger partial charge in [-0.2, -0.15) is 0 Å². The van der Waals surface area contributed by atoms with Crippen LogP contribution in [-0.4, -0.2) is 50.5 Å². The minimum absolute atomic E-state index is 0.144. The molecule has 0 aromatic heterocycles. The van der Waals surface area contributed by atoms with E-state index >= 15 is 0 Å². The molecular formula is C19H31NO3. The van der Waals surface area contributed by atoms with Gasteiger partial charge in [-0.3, -0.25) is 0 Å². The number of methoxy groups -OCH3 is 2. The molecule has 130 valence electrons. The summed E-state index contributed by atoms with van der Waals surface area (Å²) in [5, 5.41) is 11.5. The first-order valence-electron chi connectivity index (χ1n) is 8.51. The van der Waals surface area contributed by atoms with Gasteiger partial charge < -0.3 is 19.5 Å². The van der Waals surface area contributed by atoms with Crippen LogP contribution in [-0.2, 0) is 0 Å². The summed E-state index contributed by atoms with van der Waals surface area (Å²) in [5.74, 6) is 1.83. The first-order chi connectivity index (χ1) is 10.9. The molecule has 2 rings (SSSR count). The van der Waals surface area contributed by atoms with Gasteiger partial charge in [0.05, 0.1) is 19.8 Å². The van der Waals surface area contributed by atoms with E-state index in [4.69, 9.17) is 9.47 Å². The molecule has 0 bridgehead atoms. The van der Waals surface area contributed by atoms with Crippen molar-refractivity contribution in [2.75, 3.05) is 34.9 Å². The number of hydrogen-bond donors (Lipinski definition) is 1. The fraction of sp³-hybridized carbons (Fsp3) is 0.684. The standard InChI is InChI=1S/C19H31NO3/c1-14(13-20(2)3)19(21)11-7-6-8-16(19)15-9-10-17(22-4)18(12-15)23-5/h9-10,12,14,16,21H,6-8,11,13H2,1-5H3. The third-order valence-corrected chi connectivity index (χ3v) is 5.23. The van der Waals surface area contributed by atoms with Crippen molar-refractivity contribution in [1.29, 1.82) is 0 Å². The summed E-state index contributed by atoms with van der Waals surface area (Å²) in [6.07, 6.45) is 4.14. The first kappa shape index (κ1) is 18.1. The molecule has 3 atom stereocenters. The second-order valence-corrected chi connectivity index (χ2v) is 7.07. The highest BCUT2D eigenvalue weighted by atomic mass is 16.5. The van der Waals surface area contributed by atoms with E-state index in [0.29, 0.717) is 0 Å². The Morgan fingerprint density at radius 2 is 1.91 bits per heavy atom. The molecule has 1 aliphatic carbocycles. The molecular weight excluding hydrogens is 290 g/mol. The zero-order valence-corrected chi connectivity index (χ0v) is 15.1. The highest BCUT2D eigenvalue weighted by Crippen LogP contribution is 2.46. The van der Waals surface area contributed by atoms with Crippen LogP contribution in [0.5, 0.6) is 11.5 Å². The average molecular weight is 321 g/mol. The average Bonchev–Trinajstić information content (AvgIpc) is 2.54. The molecule has 4 heteroatoms. The predicted molar refractivity (Wildman–Crippen MR) is 93.4 cm³/mol. The van der Waals surface area contributed by atoms with Crippen molar-refractivity contribution >= 4 is 0 Å². The monoisotopic (exact) mass is 321 g/mol. The molecule has 1 aromatic carbocycles. The topological polar surface area (TPSA) is 41.9 Å². The van der Waals surface area contributed by atoms with E-state index in [2.05, 4.69) is 32.0 Å². The molecule has 0 heterocycles. The predicted octanol–water partition coefficient (Wildman–Crippen LogP) is 3.29. The van der Waals surface area contributed by atoms with Gasteiger partial charge in [-0.25, -0.2) is 0 Å². The minimum Gasteiger partial charge on any atom is -0.493 e. The zero-order chi connectivity index (χ0) is 17.0. The lowest BCUT2D eigenvalue weighted by Gasteiger charge is -2.45. The molecule has 1 aliphatic rings. The van der Waals surface area contributed by atoms with E-state index in [9.17, 15) is 5.11 Å². The molecule has 1 N–H and O–H groups in total. The lowest BCUT2D eigenvalue weighted by molar-refractivity contribution is -0.0677. The fourth-order valence-corrected chi connectivity index (χ4v) is 4.00. The molecule has 4 nitrogen and oxygen atoms in total. The van der Waals surface area contributed by atoms with E-state index in [1.807, 2.05) is 12.1 Å². The van der Waals surface area contributed by atoms with Crippen LogP contribution in [0.3, 0.4) is 0 Å². The smallest absolute Gasteiger partial charge is 0.160 e. The van der Waals surface area contributed by atoms with Crippen molar-refractivity contribution in [2.45, 2.75) is 44.1 Å². The molecule has 1 saturated carbocycles. The van der Waals surface area contributed by atoms with Gasteiger partial charge in [0.2, 0.25) is 0 Å². The lowest BCUT2D eigenvalue weighted by Crippen LogP contribution is -2.48. The Hall–Kier alpha value is -1.26. The number of hydrogen-bond acceptors (Lipinski definition) is 4. The molecule has 0 spiro atoms. The zero-order valence-electron chi connectivity index (χ0n) is 15.1. The van der Waals surface area contributed by atoms with Gasteiger partial charge >= 0.3 is 0 Å². The summed E-state index contributed by atoms with van der Waals surface area (Å²) < 4.78 is 10.8. The normalized spacial score (nSPS) is 26.1. The summed E-state index contributed by atoms with van der Waals surface area (Å²) in [5.41, 5.74) is 0.484. The van der Waals surface area contributed by atoms with Crippen LogP contribution in [0, 0.1) is 5.92 Å². The van der Waals surface area contributed by atoms with Gasteiger partial charge in [-0.1, -0.05) is 25.8 Å². The molecule has 3 unspecified atom stereocenters. The second-order valence-electron chi connectivity index (χ2n) is 7.07. The van der Waals surface area contributed by atoms with Crippen LogP contribution in [0.15, 0.2) is 18.2 Å². The van der Waals surface area contributed by atoms with E-state index in [0.717, 1.165) is 49.3 Å². The van der Waals surface area contributed by atoms with E-state index in [1.165, 1.54) is 0 Å². The lowest BCUT2D eigenvalue weighted by atomic mass is 9.66. The number of ether oxygens (including phenoxy) is 2. The number of aliphatic hydroxyl groups is 1. The van der Waals surface area contributed by atoms with Gasteiger partial charge in [0.1, 0.15) is 0 Å². The molecule has 0 saturated heterocycles. The van der Waals surface area contributed by atoms with E-state index in [-0.39, 0.29) is 11.8 Å². The second kappa shape index (κ2) is 7.54. The van der Waals surface area contributed by atoms with Crippen LogP contribution in [0.25, 0.3) is 0 Å². The minimum atomic E-state index is -0.665. The van der Waals surface area contributed by atoms with E-state index < -0.39 is 5.60 Å². The fourth-order valence-electron chi connectivity index (χ4n) is 4.00. The molecule has 1 fully saturated rings. The quantitative estimate of drug-likeness (QED) is 0.873. The van der Waals surface area contributed by atoms with Crippen LogP contribution in [0.4, 0.5) is 0 Å². The van der Waals surface area contributed by atoms with Crippen molar-refractivity contribution in [2.24, 2.45) is 5.92 Å². The van der Waals surface area contributed by atoms with Crippen LogP contribution in [0.2, 0.25) is 0 Å². The molecule has 0 radical (unpaired) electrons. The van der Waals surface area contributed by atoms with Crippen molar-refractivity contribution in [1.82, 2.24) is 4.90 Å². The van der Waals surface area contributed by atoms with E-state index in [1.54, 1.807) is 14.2 Å². The van der Waals surface area contributed by atoms with Gasteiger partial charge in [0.25, 0.3) is 0 Å². The Bertz CT molecular complexity index is 517. The largest absolute Gasteiger partial charge is 0.493 e. The van der Waals surface area contributed by atoms with Gasteiger partial charge in [-0.15, -0.1) is 0 Å². The Kier molecular flexibility index (Phi) is 5.93. The SMILES string of the molecule is COc1ccc(C2CCCCC2(O)C(C)CN(C)C)cc1OC. The number of nitrogens with zero attached hydrogens (tertiary/aromatic N) is 1.